The molecule has 0 bridgehead atoms. The first-order valence-electron chi connectivity index (χ1n) is 13.7. The lowest BCUT2D eigenvalue weighted by molar-refractivity contribution is -0.922. The van der Waals surface area contributed by atoms with Crippen molar-refractivity contribution in [2.75, 3.05) is 98.9 Å². The standard InChI is InChI=1S/C27H44N4O9/c1-39-24-6-4-22(5-7-24)3-2-16-40-21-23(32)19-31(20-27(37)38)14-9-28-8-10-29(17-25(33)34)11-12-30(13-15-31)18-26(35)36/h4-7,23,28,32H,2-3,8-21H2,1H3,(H2-,33,34,35,36,37,38)/p+1. The number of carbonyl (C=O) groups is 3. The van der Waals surface area contributed by atoms with Crippen molar-refractivity contribution in [3.05, 3.63) is 29.8 Å². The third-order valence-corrected chi connectivity index (χ3v) is 7.00. The van der Waals surface area contributed by atoms with Crippen molar-refractivity contribution in [2.24, 2.45) is 0 Å². The van der Waals surface area contributed by atoms with Crippen molar-refractivity contribution in [3.63, 3.8) is 0 Å². The molecular weight excluding hydrogens is 524 g/mol. The van der Waals surface area contributed by atoms with Crippen molar-refractivity contribution >= 4 is 17.9 Å². The van der Waals surface area contributed by atoms with E-state index in [9.17, 15) is 34.8 Å². The number of aliphatic carboxylic acids is 3. The highest BCUT2D eigenvalue weighted by Crippen LogP contribution is 2.13. The SMILES string of the molecule is COc1ccc(CCCOCC(O)C[N+]2(CC(=O)O)CCNCCN(CC(=O)O)CCN(CC(=O)O)CC2)cc1. The number of quaternary nitrogens is 1. The Bertz CT molecular complexity index is 918. The fraction of sp³-hybridized carbons (Fsp3) is 0.667. The number of benzene rings is 1. The number of methoxy groups -OCH3 is 1. The van der Waals surface area contributed by atoms with E-state index in [1.165, 1.54) is 0 Å². The van der Waals surface area contributed by atoms with Gasteiger partial charge in [0.15, 0.2) is 6.54 Å². The molecule has 1 aromatic rings. The number of carboxylic acid groups (broad SMARTS) is 3. The van der Waals surface area contributed by atoms with E-state index >= 15 is 0 Å². The van der Waals surface area contributed by atoms with Gasteiger partial charge in [0.25, 0.3) is 0 Å². The molecule has 1 fully saturated rings. The van der Waals surface area contributed by atoms with Crippen molar-refractivity contribution < 1.29 is 48.8 Å². The van der Waals surface area contributed by atoms with Gasteiger partial charge in [-0.15, -0.1) is 0 Å². The van der Waals surface area contributed by atoms with E-state index < -0.39 is 24.0 Å². The lowest BCUT2D eigenvalue weighted by atomic mass is 10.1. The molecule has 0 saturated carbocycles. The highest BCUT2D eigenvalue weighted by molar-refractivity contribution is 5.69. The van der Waals surface area contributed by atoms with Crippen molar-refractivity contribution in [1.82, 2.24) is 15.1 Å². The summed E-state index contributed by atoms with van der Waals surface area (Å²) in [5, 5.41) is 42.4. The Morgan fingerprint density at radius 2 is 1.57 bits per heavy atom. The van der Waals surface area contributed by atoms with Crippen LogP contribution in [0, 0.1) is 0 Å². The van der Waals surface area contributed by atoms with Crippen molar-refractivity contribution in [1.29, 1.82) is 0 Å². The van der Waals surface area contributed by atoms with Crippen LogP contribution in [0.1, 0.15) is 12.0 Å². The summed E-state index contributed by atoms with van der Waals surface area (Å²) in [4.78, 5) is 38.0. The Hall–Kier alpha value is -2.81. The summed E-state index contributed by atoms with van der Waals surface area (Å²) < 4.78 is 10.9. The predicted molar refractivity (Wildman–Crippen MR) is 147 cm³/mol. The number of ether oxygens (including phenoxy) is 2. The van der Waals surface area contributed by atoms with Gasteiger partial charge in [-0.05, 0) is 30.5 Å². The average molecular weight is 570 g/mol. The van der Waals surface area contributed by atoms with E-state index in [-0.39, 0.29) is 43.8 Å². The Morgan fingerprint density at radius 3 is 2.17 bits per heavy atom. The number of aliphatic hydroxyl groups excluding tert-OH is 1. The van der Waals surface area contributed by atoms with Crippen LogP contribution in [0.4, 0.5) is 0 Å². The van der Waals surface area contributed by atoms with Crippen LogP contribution in [0.3, 0.4) is 0 Å². The summed E-state index contributed by atoms with van der Waals surface area (Å²) in [6.07, 6.45) is 0.683. The van der Waals surface area contributed by atoms with Gasteiger partial charge in [0.2, 0.25) is 0 Å². The third kappa shape index (κ3) is 13.5. The maximum Gasteiger partial charge on any atom is 0.359 e. The van der Waals surface area contributed by atoms with Crippen LogP contribution >= 0.6 is 0 Å². The zero-order valence-electron chi connectivity index (χ0n) is 23.4. The van der Waals surface area contributed by atoms with E-state index in [1.807, 2.05) is 24.3 Å². The molecule has 2 atom stereocenters. The van der Waals surface area contributed by atoms with Crippen LogP contribution < -0.4 is 10.1 Å². The maximum atomic E-state index is 11.9. The van der Waals surface area contributed by atoms with Crippen LogP contribution in [0.5, 0.6) is 5.75 Å². The molecule has 40 heavy (non-hydrogen) atoms. The van der Waals surface area contributed by atoms with Gasteiger partial charge in [0.05, 0.1) is 39.9 Å². The minimum absolute atomic E-state index is 0.0632. The second-order valence-corrected chi connectivity index (χ2v) is 10.3. The zero-order valence-corrected chi connectivity index (χ0v) is 23.4. The molecule has 1 aliphatic rings. The van der Waals surface area contributed by atoms with Crippen LogP contribution in [0.2, 0.25) is 0 Å². The summed E-state index contributed by atoms with van der Waals surface area (Å²) in [7, 11) is 1.62. The molecule has 1 heterocycles. The lowest BCUT2D eigenvalue weighted by Gasteiger charge is -2.40. The average Bonchev–Trinajstić information content (AvgIpc) is 2.88. The second kappa shape index (κ2) is 17.8. The molecule has 1 aromatic carbocycles. The summed E-state index contributed by atoms with van der Waals surface area (Å²) in [5.41, 5.74) is 1.15. The summed E-state index contributed by atoms with van der Waals surface area (Å²) in [5.74, 6) is -2.18. The summed E-state index contributed by atoms with van der Waals surface area (Å²) in [6.45, 7) is 3.17. The van der Waals surface area contributed by atoms with E-state index in [2.05, 4.69) is 5.32 Å². The zero-order chi connectivity index (χ0) is 29.4. The molecule has 0 aliphatic carbocycles. The molecule has 0 spiro atoms. The fourth-order valence-corrected chi connectivity index (χ4v) is 4.93. The normalized spacial score (nSPS) is 20.6. The molecule has 2 rings (SSSR count). The van der Waals surface area contributed by atoms with Crippen molar-refractivity contribution in [2.45, 2.75) is 18.9 Å². The Labute approximate surface area is 235 Å². The second-order valence-electron chi connectivity index (χ2n) is 10.3. The molecular formula is C27H45N4O9+. The summed E-state index contributed by atoms with van der Waals surface area (Å²) >= 11 is 0. The first-order chi connectivity index (χ1) is 19.1. The van der Waals surface area contributed by atoms with Gasteiger partial charge in [-0.25, -0.2) is 4.79 Å². The highest BCUT2D eigenvalue weighted by atomic mass is 16.5. The first kappa shape index (κ1) is 33.4. The number of carboxylic acids is 3. The topological polar surface area (TPSA) is 169 Å². The molecule has 0 aromatic heterocycles. The molecule has 13 nitrogen and oxygen atoms in total. The van der Waals surface area contributed by atoms with E-state index in [0.29, 0.717) is 52.4 Å². The molecule has 5 N–H and O–H groups in total. The summed E-state index contributed by atoms with van der Waals surface area (Å²) in [6, 6.07) is 7.80. The monoisotopic (exact) mass is 569 g/mol. The molecule has 0 radical (unpaired) electrons. The Kier molecular flexibility index (Phi) is 14.9. The smallest absolute Gasteiger partial charge is 0.359 e. The quantitative estimate of drug-likeness (QED) is 0.133. The third-order valence-electron chi connectivity index (χ3n) is 7.00. The molecule has 0 amide bonds. The minimum Gasteiger partial charge on any atom is -0.497 e. The number of nitrogens with one attached hydrogen (secondary N) is 1. The highest BCUT2D eigenvalue weighted by Gasteiger charge is 2.34. The fourth-order valence-electron chi connectivity index (χ4n) is 4.93. The molecule has 2 unspecified atom stereocenters. The van der Waals surface area contributed by atoms with E-state index in [1.54, 1.807) is 16.9 Å². The molecule has 226 valence electrons. The maximum absolute atomic E-state index is 11.9. The van der Waals surface area contributed by atoms with E-state index in [0.717, 1.165) is 24.2 Å². The van der Waals surface area contributed by atoms with Gasteiger partial charge in [-0.3, -0.25) is 19.4 Å². The number of nitrogens with zero attached hydrogens (tertiary/aromatic N) is 3. The van der Waals surface area contributed by atoms with E-state index in [4.69, 9.17) is 9.47 Å². The van der Waals surface area contributed by atoms with Gasteiger partial charge < -0.3 is 39.7 Å². The number of rotatable bonds is 15. The van der Waals surface area contributed by atoms with Crippen molar-refractivity contribution in [3.8, 4) is 5.75 Å². The minimum atomic E-state index is -1.02. The van der Waals surface area contributed by atoms with Crippen LogP contribution in [0.15, 0.2) is 24.3 Å². The first-order valence-corrected chi connectivity index (χ1v) is 13.7. The van der Waals surface area contributed by atoms with Crippen LogP contribution in [-0.4, -0.2) is 158 Å². The van der Waals surface area contributed by atoms with Gasteiger partial charge in [-0.1, -0.05) is 12.1 Å². The largest absolute Gasteiger partial charge is 0.497 e. The molecule has 13 heteroatoms. The predicted octanol–water partition coefficient (Wildman–Crippen LogP) is -0.717. The van der Waals surface area contributed by atoms with Gasteiger partial charge in [0.1, 0.15) is 18.4 Å². The molecule has 1 aliphatic heterocycles. The number of hydrogen-bond acceptors (Lipinski definition) is 9. The van der Waals surface area contributed by atoms with Gasteiger partial charge in [0, 0.05) is 45.9 Å². The van der Waals surface area contributed by atoms with Gasteiger partial charge in [-0.2, -0.15) is 0 Å². The number of aliphatic hydroxyl groups is 1. The van der Waals surface area contributed by atoms with Crippen LogP contribution in [0.25, 0.3) is 0 Å². The number of hydrogen-bond donors (Lipinski definition) is 5. The Morgan fingerprint density at radius 1 is 0.925 bits per heavy atom. The van der Waals surface area contributed by atoms with Gasteiger partial charge >= 0.3 is 17.9 Å². The molecule has 1 saturated heterocycles. The Balaban J connectivity index is 1.98. The number of aryl methyl sites for hydroxylation is 1. The lowest BCUT2D eigenvalue weighted by Crippen LogP contribution is -2.61. The van der Waals surface area contributed by atoms with Crippen LogP contribution in [-0.2, 0) is 25.5 Å².